The molecule has 0 spiro atoms. The van der Waals surface area contributed by atoms with Crippen LogP contribution in [0.4, 0.5) is 0 Å². The van der Waals surface area contributed by atoms with E-state index >= 15 is 0 Å². The number of alkyl halides is 1. The molecule has 2 saturated heterocycles. The van der Waals surface area contributed by atoms with Crippen molar-refractivity contribution in [1.29, 1.82) is 0 Å². The highest BCUT2D eigenvalue weighted by Crippen LogP contribution is 2.20. The Morgan fingerprint density at radius 1 is 1.44 bits per heavy atom. The fourth-order valence-electron chi connectivity index (χ4n) is 2.72. The van der Waals surface area contributed by atoms with Crippen LogP contribution in [0, 0.1) is 5.92 Å². The van der Waals surface area contributed by atoms with E-state index < -0.39 is 0 Å². The van der Waals surface area contributed by atoms with Gasteiger partial charge in [-0.15, -0.1) is 11.6 Å². The number of amides is 1. The van der Waals surface area contributed by atoms with Crippen LogP contribution < -0.4 is 0 Å². The molecule has 2 aliphatic rings. The monoisotopic (exact) mass is 274 g/mol. The fraction of sp³-hybridized carbons (Fsp3) is 0.923. The topological polar surface area (TPSA) is 32.8 Å². The molecule has 4 nitrogen and oxygen atoms in total. The minimum Gasteiger partial charge on any atom is -0.379 e. The van der Waals surface area contributed by atoms with Crippen molar-refractivity contribution in [1.82, 2.24) is 9.80 Å². The minimum absolute atomic E-state index is 0.273. The Balaban J connectivity index is 1.72. The van der Waals surface area contributed by atoms with Gasteiger partial charge >= 0.3 is 0 Å². The van der Waals surface area contributed by atoms with Crippen LogP contribution in [0.2, 0.25) is 0 Å². The first-order chi connectivity index (χ1) is 8.70. The normalized spacial score (nSPS) is 27.8. The van der Waals surface area contributed by atoms with E-state index in [0.29, 0.717) is 24.3 Å². The SMILES string of the molecule is CC(CCN1CC(CCl)CC1=O)N1CCOCC1. The molecule has 1 amide bonds. The zero-order valence-corrected chi connectivity index (χ0v) is 11.9. The largest absolute Gasteiger partial charge is 0.379 e. The number of hydrogen-bond acceptors (Lipinski definition) is 3. The average Bonchev–Trinajstić information content (AvgIpc) is 2.77. The van der Waals surface area contributed by atoms with Gasteiger partial charge in [0.25, 0.3) is 0 Å². The van der Waals surface area contributed by atoms with Crippen LogP contribution in [0.25, 0.3) is 0 Å². The average molecular weight is 275 g/mol. The van der Waals surface area contributed by atoms with Gasteiger partial charge in [0, 0.05) is 44.5 Å². The minimum atomic E-state index is 0.273. The molecule has 2 rings (SSSR count). The van der Waals surface area contributed by atoms with Crippen LogP contribution in [0.3, 0.4) is 0 Å². The first-order valence-corrected chi connectivity index (χ1v) is 7.39. The summed E-state index contributed by atoms with van der Waals surface area (Å²) in [5, 5.41) is 0. The van der Waals surface area contributed by atoms with Crippen molar-refractivity contribution < 1.29 is 9.53 Å². The van der Waals surface area contributed by atoms with E-state index in [2.05, 4.69) is 11.8 Å². The summed E-state index contributed by atoms with van der Waals surface area (Å²) in [6.45, 7) is 7.65. The summed E-state index contributed by atoms with van der Waals surface area (Å²) in [7, 11) is 0. The summed E-state index contributed by atoms with van der Waals surface area (Å²) in [6, 6.07) is 0.525. The van der Waals surface area contributed by atoms with Crippen molar-refractivity contribution in [3.63, 3.8) is 0 Å². The van der Waals surface area contributed by atoms with Crippen molar-refractivity contribution in [3.8, 4) is 0 Å². The van der Waals surface area contributed by atoms with Gasteiger partial charge in [-0.25, -0.2) is 0 Å². The zero-order chi connectivity index (χ0) is 13.0. The van der Waals surface area contributed by atoms with Crippen LogP contribution in [-0.4, -0.2) is 67.0 Å². The van der Waals surface area contributed by atoms with Gasteiger partial charge in [0.2, 0.25) is 5.91 Å². The quantitative estimate of drug-likeness (QED) is 0.706. The molecule has 18 heavy (non-hydrogen) atoms. The lowest BCUT2D eigenvalue weighted by Gasteiger charge is -2.33. The molecule has 0 aromatic carbocycles. The van der Waals surface area contributed by atoms with E-state index in [0.717, 1.165) is 45.8 Å². The molecule has 2 unspecified atom stereocenters. The predicted octanol–water partition coefficient (Wildman–Crippen LogP) is 1.18. The van der Waals surface area contributed by atoms with E-state index in [1.165, 1.54) is 0 Å². The molecule has 0 N–H and O–H groups in total. The Morgan fingerprint density at radius 2 is 2.17 bits per heavy atom. The van der Waals surface area contributed by atoms with Crippen LogP contribution in [-0.2, 0) is 9.53 Å². The molecule has 0 radical (unpaired) electrons. The number of carbonyl (C=O) groups is 1. The van der Waals surface area contributed by atoms with Gasteiger partial charge in [-0.05, 0) is 19.3 Å². The molecule has 2 heterocycles. The Hall–Kier alpha value is -0.320. The van der Waals surface area contributed by atoms with E-state index in [9.17, 15) is 4.79 Å². The van der Waals surface area contributed by atoms with Gasteiger partial charge in [0.15, 0.2) is 0 Å². The van der Waals surface area contributed by atoms with Crippen LogP contribution in [0.1, 0.15) is 19.8 Å². The standard InChI is InChI=1S/C13H23ClN2O2/c1-11(15-4-6-18-7-5-15)2-3-16-10-12(9-14)8-13(16)17/h11-12H,2-10H2,1H3. The molecule has 5 heteroatoms. The maximum absolute atomic E-state index is 11.8. The second-order valence-corrected chi connectivity index (χ2v) is 5.66. The second-order valence-electron chi connectivity index (χ2n) is 5.35. The summed E-state index contributed by atoms with van der Waals surface area (Å²) in [5.41, 5.74) is 0. The molecule has 2 atom stereocenters. The first kappa shape index (κ1) is 14.1. The molecule has 0 aliphatic carbocycles. The summed E-state index contributed by atoms with van der Waals surface area (Å²) < 4.78 is 5.35. The van der Waals surface area contributed by atoms with Gasteiger partial charge in [-0.3, -0.25) is 9.69 Å². The fourth-order valence-corrected chi connectivity index (χ4v) is 2.92. The number of halogens is 1. The smallest absolute Gasteiger partial charge is 0.222 e. The lowest BCUT2D eigenvalue weighted by atomic mass is 10.1. The zero-order valence-electron chi connectivity index (χ0n) is 11.1. The number of ether oxygens (including phenoxy) is 1. The van der Waals surface area contributed by atoms with Gasteiger partial charge in [-0.2, -0.15) is 0 Å². The van der Waals surface area contributed by atoms with Crippen molar-refractivity contribution in [3.05, 3.63) is 0 Å². The van der Waals surface area contributed by atoms with Crippen LogP contribution >= 0.6 is 11.6 Å². The van der Waals surface area contributed by atoms with Crippen molar-refractivity contribution >= 4 is 17.5 Å². The highest BCUT2D eigenvalue weighted by atomic mass is 35.5. The van der Waals surface area contributed by atoms with Crippen molar-refractivity contribution in [2.75, 3.05) is 45.3 Å². The highest BCUT2D eigenvalue weighted by molar-refractivity contribution is 6.18. The van der Waals surface area contributed by atoms with Gasteiger partial charge in [0.05, 0.1) is 13.2 Å². The number of nitrogens with zero attached hydrogens (tertiary/aromatic N) is 2. The highest BCUT2D eigenvalue weighted by Gasteiger charge is 2.29. The van der Waals surface area contributed by atoms with Gasteiger partial charge in [-0.1, -0.05) is 0 Å². The number of rotatable bonds is 5. The molecular weight excluding hydrogens is 252 g/mol. The first-order valence-electron chi connectivity index (χ1n) is 6.86. The Bertz CT molecular complexity index is 282. The third-order valence-corrected chi connectivity index (χ3v) is 4.44. The maximum atomic E-state index is 11.8. The lowest BCUT2D eigenvalue weighted by Crippen LogP contribution is -2.43. The lowest BCUT2D eigenvalue weighted by molar-refractivity contribution is -0.127. The summed E-state index contributed by atoms with van der Waals surface area (Å²) in [6.07, 6.45) is 1.68. The van der Waals surface area contributed by atoms with E-state index in [-0.39, 0.29) is 5.91 Å². The van der Waals surface area contributed by atoms with Gasteiger partial charge < -0.3 is 9.64 Å². The van der Waals surface area contributed by atoms with Crippen LogP contribution in [0.5, 0.6) is 0 Å². The molecule has 2 aliphatic heterocycles. The van der Waals surface area contributed by atoms with Gasteiger partial charge in [0.1, 0.15) is 0 Å². The molecule has 0 aromatic heterocycles. The Morgan fingerprint density at radius 3 is 2.78 bits per heavy atom. The Labute approximate surface area is 114 Å². The Kier molecular flexibility index (Phi) is 5.27. The summed E-state index contributed by atoms with van der Waals surface area (Å²) in [5.74, 6) is 1.23. The molecule has 104 valence electrons. The number of carbonyl (C=O) groups excluding carboxylic acids is 1. The summed E-state index contributed by atoms with van der Waals surface area (Å²) >= 11 is 5.82. The predicted molar refractivity (Wildman–Crippen MR) is 71.9 cm³/mol. The van der Waals surface area contributed by atoms with E-state index in [1.54, 1.807) is 0 Å². The number of hydrogen-bond donors (Lipinski definition) is 0. The molecule has 0 bridgehead atoms. The molecular formula is C13H23ClN2O2. The van der Waals surface area contributed by atoms with Crippen molar-refractivity contribution in [2.45, 2.75) is 25.8 Å². The second kappa shape index (κ2) is 6.73. The van der Waals surface area contributed by atoms with E-state index in [1.807, 2.05) is 4.90 Å². The third-order valence-electron chi connectivity index (χ3n) is 4.00. The molecule has 2 fully saturated rings. The van der Waals surface area contributed by atoms with E-state index in [4.69, 9.17) is 16.3 Å². The molecule has 0 saturated carbocycles. The summed E-state index contributed by atoms with van der Waals surface area (Å²) in [4.78, 5) is 16.2. The third kappa shape index (κ3) is 3.59. The van der Waals surface area contributed by atoms with Crippen LogP contribution in [0.15, 0.2) is 0 Å². The van der Waals surface area contributed by atoms with Crippen molar-refractivity contribution in [2.24, 2.45) is 5.92 Å². The number of morpholine rings is 1. The maximum Gasteiger partial charge on any atom is 0.222 e. The molecule has 0 aromatic rings. The number of likely N-dealkylation sites (tertiary alicyclic amines) is 1.